The summed E-state index contributed by atoms with van der Waals surface area (Å²) in [5.41, 5.74) is 0. The van der Waals surface area contributed by atoms with Gasteiger partial charge < -0.3 is 20.4 Å². The number of nitrogens with one attached hydrogen (secondary N) is 1. The van der Waals surface area contributed by atoms with Gasteiger partial charge in [-0.2, -0.15) is 0 Å². The van der Waals surface area contributed by atoms with Crippen LogP contribution in [0.3, 0.4) is 0 Å². The zero-order valence-corrected chi connectivity index (χ0v) is 9.85. The van der Waals surface area contributed by atoms with Crippen LogP contribution in [0.15, 0.2) is 0 Å². The fourth-order valence-electron chi connectivity index (χ4n) is 2.15. The van der Waals surface area contributed by atoms with Gasteiger partial charge in [-0.15, -0.1) is 0 Å². The van der Waals surface area contributed by atoms with Gasteiger partial charge in [0, 0.05) is 13.1 Å². The van der Waals surface area contributed by atoms with E-state index in [4.69, 9.17) is 10.2 Å². The van der Waals surface area contributed by atoms with Gasteiger partial charge in [-0.1, -0.05) is 6.92 Å². The van der Waals surface area contributed by atoms with Crippen LogP contribution in [0.25, 0.3) is 0 Å². The van der Waals surface area contributed by atoms with Gasteiger partial charge in [0.2, 0.25) is 5.91 Å². The molecule has 0 radical (unpaired) electrons. The topological polar surface area (TPSA) is 72.8 Å². The van der Waals surface area contributed by atoms with Crippen LogP contribution in [0.5, 0.6) is 0 Å². The van der Waals surface area contributed by atoms with Crippen LogP contribution in [0.2, 0.25) is 0 Å². The number of carbonyl (C=O) groups excluding carboxylic acids is 1. The van der Waals surface area contributed by atoms with Gasteiger partial charge in [0.05, 0.1) is 19.3 Å². The number of amides is 1. The van der Waals surface area contributed by atoms with Gasteiger partial charge in [-0.05, 0) is 25.3 Å². The van der Waals surface area contributed by atoms with Gasteiger partial charge in [-0.3, -0.25) is 4.79 Å². The molecule has 94 valence electrons. The standard InChI is InChI=1S/C11H22N2O3/c1-9-3-2-4-12-10(9)11(16)13(5-7-14)6-8-15/h9-10,12,14-15H,2-8H2,1H3. The molecular formula is C11H22N2O3. The lowest BCUT2D eigenvalue weighted by Gasteiger charge is -2.33. The highest BCUT2D eigenvalue weighted by Crippen LogP contribution is 2.17. The van der Waals surface area contributed by atoms with E-state index in [1.807, 2.05) is 0 Å². The first kappa shape index (κ1) is 13.4. The Morgan fingerprint density at radius 2 is 2.00 bits per heavy atom. The molecule has 1 aliphatic rings. The third-order valence-corrected chi connectivity index (χ3v) is 3.09. The Bertz CT molecular complexity index is 217. The molecule has 0 aromatic carbocycles. The van der Waals surface area contributed by atoms with Gasteiger partial charge in [0.15, 0.2) is 0 Å². The van der Waals surface area contributed by atoms with Crippen molar-refractivity contribution in [2.75, 3.05) is 32.8 Å². The van der Waals surface area contributed by atoms with Gasteiger partial charge in [0.25, 0.3) is 0 Å². The van der Waals surface area contributed by atoms with Crippen LogP contribution in [-0.2, 0) is 4.79 Å². The van der Waals surface area contributed by atoms with Crippen molar-refractivity contribution in [1.29, 1.82) is 0 Å². The van der Waals surface area contributed by atoms with Crippen LogP contribution < -0.4 is 5.32 Å². The quantitative estimate of drug-likeness (QED) is 0.577. The second kappa shape index (κ2) is 6.83. The van der Waals surface area contributed by atoms with E-state index in [1.165, 1.54) is 4.90 Å². The Kier molecular flexibility index (Phi) is 5.73. The molecule has 0 saturated carbocycles. The maximum atomic E-state index is 12.1. The van der Waals surface area contributed by atoms with Crippen LogP contribution >= 0.6 is 0 Å². The summed E-state index contributed by atoms with van der Waals surface area (Å²) in [6.45, 7) is 3.39. The first-order valence-corrected chi connectivity index (χ1v) is 5.94. The second-order valence-electron chi connectivity index (χ2n) is 4.32. The number of carbonyl (C=O) groups is 1. The number of nitrogens with zero attached hydrogens (tertiary/aromatic N) is 1. The third kappa shape index (κ3) is 3.43. The summed E-state index contributed by atoms with van der Waals surface area (Å²) in [5, 5.41) is 21.0. The van der Waals surface area contributed by atoms with E-state index < -0.39 is 0 Å². The fraction of sp³-hybridized carbons (Fsp3) is 0.909. The number of rotatable bonds is 5. The number of piperidine rings is 1. The van der Waals surface area contributed by atoms with Crippen molar-refractivity contribution in [3.05, 3.63) is 0 Å². The Hall–Kier alpha value is -0.650. The highest BCUT2D eigenvalue weighted by molar-refractivity contribution is 5.82. The minimum atomic E-state index is -0.160. The molecule has 1 fully saturated rings. The summed E-state index contributed by atoms with van der Waals surface area (Å²) < 4.78 is 0. The molecule has 1 aliphatic heterocycles. The van der Waals surface area contributed by atoms with Crippen LogP contribution in [-0.4, -0.2) is 59.9 Å². The summed E-state index contributed by atoms with van der Waals surface area (Å²) in [6.07, 6.45) is 2.15. The molecular weight excluding hydrogens is 208 g/mol. The molecule has 2 unspecified atom stereocenters. The number of hydrogen-bond acceptors (Lipinski definition) is 4. The Morgan fingerprint density at radius 3 is 2.50 bits per heavy atom. The molecule has 1 heterocycles. The zero-order valence-electron chi connectivity index (χ0n) is 9.85. The molecule has 0 spiro atoms. The molecule has 0 aromatic rings. The molecule has 5 nitrogen and oxygen atoms in total. The van der Waals surface area contributed by atoms with E-state index in [9.17, 15) is 4.79 Å². The van der Waals surface area contributed by atoms with Crippen molar-refractivity contribution in [1.82, 2.24) is 10.2 Å². The van der Waals surface area contributed by atoms with Crippen molar-refractivity contribution in [2.24, 2.45) is 5.92 Å². The smallest absolute Gasteiger partial charge is 0.240 e. The van der Waals surface area contributed by atoms with E-state index in [1.54, 1.807) is 0 Å². The van der Waals surface area contributed by atoms with Crippen LogP contribution in [0, 0.1) is 5.92 Å². The van der Waals surface area contributed by atoms with Crippen molar-refractivity contribution in [3.63, 3.8) is 0 Å². The van der Waals surface area contributed by atoms with E-state index in [-0.39, 0.29) is 25.2 Å². The second-order valence-corrected chi connectivity index (χ2v) is 4.32. The zero-order chi connectivity index (χ0) is 12.0. The molecule has 1 amide bonds. The SMILES string of the molecule is CC1CCCNC1C(=O)N(CCO)CCO. The Morgan fingerprint density at radius 1 is 1.38 bits per heavy atom. The molecule has 2 atom stereocenters. The highest BCUT2D eigenvalue weighted by Gasteiger charge is 2.30. The fourth-order valence-corrected chi connectivity index (χ4v) is 2.15. The number of hydrogen-bond donors (Lipinski definition) is 3. The monoisotopic (exact) mass is 230 g/mol. The summed E-state index contributed by atoms with van der Waals surface area (Å²) in [5.74, 6) is 0.316. The third-order valence-electron chi connectivity index (χ3n) is 3.09. The number of aliphatic hydroxyl groups excluding tert-OH is 2. The molecule has 16 heavy (non-hydrogen) atoms. The van der Waals surface area contributed by atoms with E-state index >= 15 is 0 Å². The molecule has 1 saturated heterocycles. The molecule has 5 heteroatoms. The molecule has 1 rings (SSSR count). The molecule has 0 aromatic heterocycles. The summed E-state index contributed by atoms with van der Waals surface area (Å²) in [6, 6.07) is -0.160. The first-order valence-electron chi connectivity index (χ1n) is 5.94. The van der Waals surface area contributed by atoms with Gasteiger partial charge in [-0.25, -0.2) is 0 Å². The average Bonchev–Trinajstić information content (AvgIpc) is 2.28. The predicted octanol–water partition coefficient (Wildman–Crippen LogP) is -0.812. The van der Waals surface area contributed by atoms with E-state index in [0.29, 0.717) is 19.0 Å². The van der Waals surface area contributed by atoms with E-state index in [2.05, 4.69) is 12.2 Å². The van der Waals surface area contributed by atoms with Crippen molar-refractivity contribution >= 4 is 5.91 Å². The molecule has 3 N–H and O–H groups in total. The first-order chi connectivity index (χ1) is 7.70. The minimum absolute atomic E-state index is 0.00435. The summed E-state index contributed by atoms with van der Waals surface area (Å²) in [4.78, 5) is 13.7. The average molecular weight is 230 g/mol. The summed E-state index contributed by atoms with van der Waals surface area (Å²) >= 11 is 0. The normalized spacial score (nSPS) is 25.4. The van der Waals surface area contributed by atoms with Crippen molar-refractivity contribution in [3.8, 4) is 0 Å². The van der Waals surface area contributed by atoms with Crippen LogP contribution in [0.4, 0.5) is 0 Å². The van der Waals surface area contributed by atoms with Gasteiger partial charge in [0.1, 0.15) is 0 Å². The van der Waals surface area contributed by atoms with Gasteiger partial charge >= 0.3 is 0 Å². The lowest BCUT2D eigenvalue weighted by atomic mass is 9.92. The Labute approximate surface area is 96.4 Å². The maximum Gasteiger partial charge on any atom is 0.240 e. The Balaban J connectivity index is 2.57. The predicted molar refractivity (Wildman–Crippen MR) is 60.9 cm³/mol. The molecule has 0 bridgehead atoms. The maximum absolute atomic E-state index is 12.1. The van der Waals surface area contributed by atoms with Crippen molar-refractivity contribution < 1.29 is 15.0 Å². The largest absolute Gasteiger partial charge is 0.395 e. The highest BCUT2D eigenvalue weighted by atomic mass is 16.3. The van der Waals surface area contributed by atoms with Crippen LogP contribution in [0.1, 0.15) is 19.8 Å². The van der Waals surface area contributed by atoms with Crippen molar-refractivity contribution in [2.45, 2.75) is 25.8 Å². The number of aliphatic hydroxyl groups is 2. The summed E-state index contributed by atoms with van der Waals surface area (Å²) in [7, 11) is 0. The van der Waals surface area contributed by atoms with E-state index in [0.717, 1.165) is 19.4 Å². The molecule has 0 aliphatic carbocycles. The lowest BCUT2D eigenvalue weighted by molar-refractivity contribution is -0.136. The lowest BCUT2D eigenvalue weighted by Crippen LogP contribution is -2.53. The minimum Gasteiger partial charge on any atom is -0.395 e.